The van der Waals surface area contributed by atoms with Crippen LogP contribution in [-0.4, -0.2) is 34.0 Å². The summed E-state index contributed by atoms with van der Waals surface area (Å²) in [6.07, 6.45) is 3.06. The van der Waals surface area contributed by atoms with E-state index < -0.39 is 0 Å². The van der Waals surface area contributed by atoms with Gasteiger partial charge in [-0.2, -0.15) is 0 Å². The second-order valence-electron chi connectivity index (χ2n) is 9.46. The van der Waals surface area contributed by atoms with Crippen molar-refractivity contribution in [3.8, 4) is 5.00 Å². The molecule has 35 heavy (non-hydrogen) atoms. The fourth-order valence-electron chi connectivity index (χ4n) is 5.18. The molecule has 0 aliphatic carbocycles. The molecule has 4 aromatic rings. The highest BCUT2D eigenvalue weighted by Crippen LogP contribution is 2.43. The van der Waals surface area contributed by atoms with Gasteiger partial charge in [0.1, 0.15) is 10.8 Å². The highest BCUT2D eigenvalue weighted by Gasteiger charge is 2.36. The highest BCUT2D eigenvalue weighted by molar-refractivity contribution is 7.15. The Morgan fingerprint density at radius 3 is 2.57 bits per heavy atom. The average molecular weight is 487 g/mol. The van der Waals surface area contributed by atoms with Crippen molar-refractivity contribution in [1.29, 1.82) is 0 Å². The second kappa shape index (κ2) is 8.66. The van der Waals surface area contributed by atoms with E-state index in [0.29, 0.717) is 6.54 Å². The minimum atomic E-state index is -0.349. The fraction of sp³-hybridized carbons (Fsp3) is 0.250. The van der Waals surface area contributed by atoms with E-state index in [2.05, 4.69) is 34.1 Å². The van der Waals surface area contributed by atoms with Gasteiger partial charge in [-0.05, 0) is 67.9 Å². The molecule has 7 heteroatoms. The largest absolute Gasteiger partial charge is 0.322 e. The van der Waals surface area contributed by atoms with Crippen molar-refractivity contribution in [2.45, 2.75) is 32.5 Å². The van der Waals surface area contributed by atoms with Crippen molar-refractivity contribution in [3.63, 3.8) is 0 Å². The Balaban J connectivity index is 1.48. The monoisotopic (exact) mass is 486 g/mol. The van der Waals surface area contributed by atoms with Crippen LogP contribution in [-0.2, 0) is 19.5 Å². The lowest BCUT2D eigenvalue weighted by Crippen LogP contribution is -2.38. The van der Waals surface area contributed by atoms with Gasteiger partial charge < -0.3 is 19.7 Å². The van der Waals surface area contributed by atoms with Crippen molar-refractivity contribution in [2.75, 3.05) is 18.9 Å². The molecule has 2 aromatic carbocycles. The number of carbonyl (C=O) groups excluding carboxylic acids is 1. The standard InChI is InChI=1S/C28H27FN4OS/c1-18-5-11-21(12-6-18)30-28(34)33-16-23-22-13-15-31(2)17-25(22)35-27(23)32-14-3-4-24(32)26(33)19-7-9-20(29)10-8-19/h3-12,14,26H,13,15-17H2,1-2H3,(H,30,34)/t26-/m1/s1. The van der Waals surface area contributed by atoms with Crippen molar-refractivity contribution >= 4 is 23.1 Å². The molecule has 0 radical (unpaired) electrons. The fourth-order valence-corrected chi connectivity index (χ4v) is 6.62. The Hall–Kier alpha value is -3.42. The zero-order valence-corrected chi connectivity index (χ0v) is 20.6. The maximum absolute atomic E-state index is 13.9. The predicted molar refractivity (Wildman–Crippen MR) is 138 cm³/mol. The number of thiophene rings is 1. The predicted octanol–water partition coefficient (Wildman–Crippen LogP) is 6.11. The van der Waals surface area contributed by atoms with E-state index >= 15 is 0 Å². The maximum atomic E-state index is 13.9. The lowest BCUT2D eigenvalue weighted by Gasteiger charge is -2.32. The van der Waals surface area contributed by atoms with Crippen molar-refractivity contribution in [3.05, 3.63) is 106 Å². The summed E-state index contributed by atoms with van der Waals surface area (Å²) >= 11 is 1.82. The van der Waals surface area contributed by atoms with Crippen LogP contribution in [0.3, 0.4) is 0 Å². The molecule has 2 amide bonds. The van der Waals surface area contributed by atoms with E-state index in [1.165, 1.54) is 33.1 Å². The average Bonchev–Trinajstić information content (AvgIpc) is 3.43. The lowest BCUT2D eigenvalue weighted by atomic mass is 10.0. The first-order chi connectivity index (χ1) is 17.0. The van der Waals surface area contributed by atoms with Gasteiger partial charge in [-0.1, -0.05) is 29.8 Å². The van der Waals surface area contributed by atoms with Crippen LogP contribution in [0, 0.1) is 12.7 Å². The van der Waals surface area contributed by atoms with E-state index in [-0.39, 0.29) is 17.9 Å². The molecule has 2 aliphatic heterocycles. The van der Waals surface area contributed by atoms with Crippen LogP contribution in [0.4, 0.5) is 14.9 Å². The summed E-state index contributed by atoms with van der Waals surface area (Å²) in [5, 5.41) is 4.29. The molecule has 2 aliphatic rings. The number of carbonyl (C=O) groups is 1. The zero-order valence-electron chi connectivity index (χ0n) is 19.8. The maximum Gasteiger partial charge on any atom is 0.322 e. The molecule has 6 rings (SSSR count). The molecule has 1 atom stereocenters. The molecule has 0 spiro atoms. The molecule has 5 nitrogen and oxygen atoms in total. The van der Waals surface area contributed by atoms with E-state index in [4.69, 9.17) is 0 Å². The van der Waals surface area contributed by atoms with Crippen molar-refractivity contribution in [2.24, 2.45) is 0 Å². The van der Waals surface area contributed by atoms with Crippen molar-refractivity contribution in [1.82, 2.24) is 14.4 Å². The van der Waals surface area contributed by atoms with Crippen LogP contribution >= 0.6 is 11.3 Å². The number of nitrogens with one attached hydrogen (secondary N) is 1. The van der Waals surface area contributed by atoms with Crippen LogP contribution < -0.4 is 5.32 Å². The molecule has 1 N–H and O–H groups in total. The van der Waals surface area contributed by atoms with Gasteiger partial charge in [-0.25, -0.2) is 9.18 Å². The van der Waals surface area contributed by atoms with E-state index in [9.17, 15) is 9.18 Å². The molecule has 4 heterocycles. The summed E-state index contributed by atoms with van der Waals surface area (Å²) in [4.78, 5) is 19.5. The zero-order chi connectivity index (χ0) is 24.1. The number of hydrogen-bond donors (Lipinski definition) is 1. The van der Waals surface area contributed by atoms with Crippen molar-refractivity contribution < 1.29 is 9.18 Å². The van der Waals surface area contributed by atoms with E-state index in [1.807, 2.05) is 53.5 Å². The molecule has 0 saturated heterocycles. The lowest BCUT2D eigenvalue weighted by molar-refractivity contribution is 0.194. The number of rotatable bonds is 2. The second-order valence-corrected chi connectivity index (χ2v) is 10.5. The Bertz CT molecular complexity index is 1390. The van der Waals surface area contributed by atoms with Gasteiger partial charge in [0.05, 0.1) is 18.3 Å². The Morgan fingerprint density at radius 1 is 1.03 bits per heavy atom. The number of likely N-dealkylation sites (N-methyl/N-ethyl adjacent to an activating group) is 1. The van der Waals surface area contributed by atoms with Crippen LogP contribution in [0.25, 0.3) is 5.00 Å². The normalized spacial score (nSPS) is 17.3. The van der Waals surface area contributed by atoms with Gasteiger partial charge in [0, 0.05) is 35.4 Å². The number of anilines is 1. The van der Waals surface area contributed by atoms with Crippen LogP contribution in [0.2, 0.25) is 0 Å². The first kappa shape index (κ1) is 22.1. The minimum absolute atomic E-state index is 0.170. The number of benzene rings is 2. The van der Waals surface area contributed by atoms with Gasteiger partial charge in [-0.3, -0.25) is 0 Å². The van der Waals surface area contributed by atoms with Gasteiger partial charge in [0.25, 0.3) is 0 Å². The molecule has 0 saturated carbocycles. The number of nitrogens with zero attached hydrogens (tertiary/aromatic N) is 3. The molecule has 0 fully saturated rings. The van der Waals surface area contributed by atoms with Gasteiger partial charge in [0.15, 0.2) is 0 Å². The SMILES string of the molecule is Cc1ccc(NC(=O)N2Cc3c(sc4c3CCN(C)C4)-n3cccc3[C@H]2c2ccc(F)cc2)cc1. The number of aryl methyl sites for hydroxylation is 1. The quantitative estimate of drug-likeness (QED) is 0.371. The number of aromatic nitrogens is 1. The first-order valence-corrected chi connectivity index (χ1v) is 12.7. The summed E-state index contributed by atoms with van der Waals surface area (Å²) in [7, 11) is 2.15. The molecule has 178 valence electrons. The van der Waals surface area contributed by atoms with Crippen LogP contribution in [0.5, 0.6) is 0 Å². The number of fused-ring (bicyclic) bond motifs is 5. The Labute approximate surface area is 208 Å². The summed E-state index contributed by atoms with van der Waals surface area (Å²) in [5.41, 5.74) is 6.37. The number of urea groups is 1. The molecule has 0 unspecified atom stereocenters. The van der Waals surface area contributed by atoms with Gasteiger partial charge in [-0.15, -0.1) is 11.3 Å². The summed E-state index contributed by atoms with van der Waals surface area (Å²) < 4.78 is 16.1. The molecule has 2 aromatic heterocycles. The van der Waals surface area contributed by atoms with Gasteiger partial charge >= 0.3 is 6.03 Å². The third-order valence-electron chi connectivity index (χ3n) is 7.00. The minimum Gasteiger partial charge on any atom is -0.310 e. The summed E-state index contributed by atoms with van der Waals surface area (Å²) in [6, 6.07) is 17.9. The smallest absolute Gasteiger partial charge is 0.310 e. The topological polar surface area (TPSA) is 40.5 Å². The number of hydrogen-bond acceptors (Lipinski definition) is 3. The molecule has 0 bridgehead atoms. The van der Waals surface area contributed by atoms with Gasteiger partial charge in [0.2, 0.25) is 0 Å². The summed E-state index contributed by atoms with van der Waals surface area (Å²) in [5.74, 6) is -0.286. The third-order valence-corrected chi connectivity index (χ3v) is 8.26. The summed E-state index contributed by atoms with van der Waals surface area (Å²) in [6.45, 7) is 4.45. The first-order valence-electron chi connectivity index (χ1n) is 11.9. The number of halogens is 1. The Kier molecular flexibility index (Phi) is 5.46. The molecular formula is C28H27FN4OS. The van der Waals surface area contributed by atoms with Crippen LogP contribution in [0.15, 0.2) is 66.9 Å². The van der Waals surface area contributed by atoms with E-state index in [1.54, 1.807) is 12.1 Å². The number of amides is 2. The Morgan fingerprint density at radius 2 is 1.80 bits per heavy atom. The molecular weight excluding hydrogens is 459 g/mol. The van der Waals surface area contributed by atoms with E-state index in [0.717, 1.165) is 42.0 Å². The highest BCUT2D eigenvalue weighted by atomic mass is 32.1. The third kappa shape index (κ3) is 3.94. The van der Waals surface area contributed by atoms with Crippen LogP contribution in [0.1, 0.15) is 38.9 Å².